The fourth-order valence-electron chi connectivity index (χ4n) is 2.76. The molecule has 0 amide bonds. The van der Waals surface area contributed by atoms with E-state index in [2.05, 4.69) is 26.1 Å². The molecule has 0 aliphatic carbocycles. The first-order valence-corrected chi connectivity index (χ1v) is 8.05. The summed E-state index contributed by atoms with van der Waals surface area (Å²) in [6.07, 6.45) is 1.03. The minimum atomic E-state index is 0.510. The SMILES string of the molecule is Cc1ccc(N2CCCN(c3ccc(C#N)c(Cl)c3)CC2)nn1. The van der Waals surface area contributed by atoms with E-state index in [9.17, 15) is 0 Å². The summed E-state index contributed by atoms with van der Waals surface area (Å²) in [5.74, 6) is 0.926. The van der Waals surface area contributed by atoms with Crippen LogP contribution in [0.5, 0.6) is 0 Å². The lowest BCUT2D eigenvalue weighted by atomic mass is 10.2. The monoisotopic (exact) mass is 327 g/mol. The Labute approximate surface area is 141 Å². The van der Waals surface area contributed by atoms with Crippen molar-refractivity contribution in [2.45, 2.75) is 13.3 Å². The Kier molecular flexibility index (Phi) is 4.63. The van der Waals surface area contributed by atoms with Crippen LogP contribution < -0.4 is 9.80 Å². The number of nitriles is 1. The Morgan fingerprint density at radius 3 is 2.52 bits per heavy atom. The van der Waals surface area contributed by atoms with Crippen molar-refractivity contribution in [3.05, 3.63) is 46.6 Å². The van der Waals surface area contributed by atoms with E-state index in [1.54, 1.807) is 6.07 Å². The van der Waals surface area contributed by atoms with Crippen LogP contribution >= 0.6 is 11.6 Å². The Balaban J connectivity index is 1.72. The number of anilines is 2. The first kappa shape index (κ1) is 15.6. The first-order chi connectivity index (χ1) is 11.2. The smallest absolute Gasteiger partial charge is 0.151 e. The standard InChI is InChI=1S/C17H18ClN5/c1-13-3-6-17(21-20-13)23-8-2-7-22(9-10-23)15-5-4-14(12-19)16(18)11-15/h3-6,11H,2,7-10H2,1H3. The van der Waals surface area contributed by atoms with Crippen LogP contribution in [0, 0.1) is 18.3 Å². The van der Waals surface area contributed by atoms with Gasteiger partial charge in [-0.3, -0.25) is 0 Å². The van der Waals surface area contributed by atoms with E-state index in [0.29, 0.717) is 10.6 Å². The summed E-state index contributed by atoms with van der Waals surface area (Å²) in [7, 11) is 0. The molecule has 0 radical (unpaired) electrons. The normalized spacial score (nSPS) is 15.2. The van der Waals surface area contributed by atoms with Crippen LogP contribution in [-0.4, -0.2) is 36.4 Å². The summed E-state index contributed by atoms with van der Waals surface area (Å²) in [6.45, 7) is 5.62. The maximum absolute atomic E-state index is 8.98. The lowest BCUT2D eigenvalue weighted by Gasteiger charge is -2.24. The van der Waals surface area contributed by atoms with Gasteiger partial charge in [0, 0.05) is 31.9 Å². The molecule has 6 heteroatoms. The molecular weight excluding hydrogens is 310 g/mol. The summed E-state index contributed by atoms with van der Waals surface area (Å²) >= 11 is 6.15. The number of hydrogen-bond acceptors (Lipinski definition) is 5. The molecule has 1 aliphatic heterocycles. The van der Waals surface area contributed by atoms with Gasteiger partial charge in [0.15, 0.2) is 5.82 Å². The molecule has 5 nitrogen and oxygen atoms in total. The van der Waals surface area contributed by atoms with Crippen LogP contribution in [0.4, 0.5) is 11.5 Å². The molecule has 0 unspecified atom stereocenters. The van der Waals surface area contributed by atoms with Crippen molar-refractivity contribution in [2.24, 2.45) is 0 Å². The second-order valence-corrected chi connectivity index (χ2v) is 6.04. The van der Waals surface area contributed by atoms with Gasteiger partial charge in [-0.2, -0.15) is 10.4 Å². The largest absolute Gasteiger partial charge is 0.370 e. The number of aromatic nitrogens is 2. The molecule has 0 spiro atoms. The van der Waals surface area contributed by atoms with Crippen LogP contribution in [0.3, 0.4) is 0 Å². The lowest BCUT2D eigenvalue weighted by molar-refractivity contribution is 0.783. The summed E-state index contributed by atoms with van der Waals surface area (Å²) < 4.78 is 0. The number of benzene rings is 1. The molecule has 0 saturated carbocycles. The second-order valence-electron chi connectivity index (χ2n) is 5.64. The van der Waals surface area contributed by atoms with Crippen LogP contribution in [-0.2, 0) is 0 Å². The Morgan fingerprint density at radius 1 is 1.04 bits per heavy atom. The van der Waals surface area contributed by atoms with Gasteiger partial charge in [-0.15, -0.1) is 5.10 Å². The predicted molar refractivity (Wildman–Crippen MR) is 92.0 cm³/mol. The fourth-order valence-corrected chi connectivity index (χ4v) is 2.97. The maximum atomic E-state index is 8.98. The predicted octanol–water partition coefficient (Wildman–Crippen LogP) is 3.03. The molecule has 0 N–H and O–H groups in total. The minimum absolute atomic E-state index is 0.510. The molecule has 1 saturated heterocycles. The third-order valence-electron chi connectivity index (χ3n) is 4.04. The van der Waals surface area contributed by atoms with E-state index in [0.717, 1.165) is 49.8 Å². The van der Waals surface area contributed by atoms with Gasteiger partial charge in [-0.05, 0) is 43.7 Å². The molecule has 0 bridgehead atoms. The topological polar surface area (TPSA) is 56.0 Å². The molecule has 2 heterocycles. The summed E-state index contributed by atoms with van der Waals surface area (Å²) in [4.78, 5) is 4.56. The van der Waals surface area contributed by atoms with E-state index in [4.69, 9.17) is 16.9 Å². The Bertz CT molecular complexity index is 723. The van der Waals surface area contributed by atoms with Crippen LogP contribution in [0.25, 0.3) is 0 Å². The van der Waals surface area contributed by atoms with Crippen LogP contribution in [0.15, 0.2) is 30.3 Å². The zero-order valence-corrected chi connectivity index (χ0v) is 13.8. The number of rotatable bonds is 2. The van der Waals surface area contributed by atoms with Gasteiger partial charge in [-0.25, -0.2) is 0 Å². The van der Waals surface area contributed by atoms with Gasteiger partial charge < -0.3 is 9.80 Å². The zero-order valence-electron chi connectivity index (χ0n) is 13.0. The molecule has 1 aromatic heterocycles. The van der Waals surface area contributed by atoms with Crippen molar-refractivity contribution >= 4 is 23.1 Å². The average molecular weight is 328 g/mol. The highest BCUT2D eigenvalue weighted by atomic mass is 35.5. The molecule has 2 aromatic rings. The van der Waals surface area contributed by atoms with E-state index >= 15 is 0 Å². The number of aryl methyl sites for hydroxylation is 1. The van der Waals surface area contributed by atoms with Crippen molar-refractivity contribution in [1.82, 2.24) is 10.2 Å². The van der Waals surface area contributed by atoms with Gasteiger partial charge in [0.1, 0.15) is 6.07 Å². The van der Waals surface area contributed by atoms with Gasteiger partial charge >= 0.3 is 0 Å². The molecule has 118 valence electrons. The van der Waals surface area contributed by atoms with Gasteiger partial charge in [0.05, 0.1) is 16.3 Å². The van der Waals surface area contributed by atoms with Crippen molar-refractivity contribution < 1.29 is 0 Å². The fraction of sp³-hybridized carbons (Fsp3) is 0.353. The molecule has 1 aliphatic rings. The molecule has 1 aromatic carbocycles. The highest BCUT2D eigenvalue weighted by Gasteiger charge is 2.17. The first-order valence-electron chi connectivity index (χ1n) is 7.67. The molecule has 0 atom stereocenters. The van der Waals surface area contributed by atoms with E-state index in [1.807, 2.05) is 31.2 Å². The number of halogens is 1. The third-order valence-corrected chi connectivity index (χ3v) is 4.35. The lowest BCUT2D eigenvalue weighted by Crippen LogP contribution is -2.31. The van der Waals surface area contributed by atoms with Gasteiger partial charge in [-0.1, -0.05) is 11.6 Å². The highest BCUT2D eigenvalue weighted by molar-refractivity contribution is 6.32. The minimum Gasteiger partial charge on any atom is -0.370 e. The average Bonchev–Trinajstić information content (AvgIpc) is 2.81. The number of hydrogen-bond donors (Lipinski definition) is 0. The van der Waals surface area contributed by atoms with Gasteiger partial charge in [0.2, 0.25) is 0 Å². The summed E-state index contributed by atoms with van der Waals surface area (Å²) in [6, 6.07) is 11.7. The van der Waals surface area contributed by atoms with Crippen molar-refractivity contribution in [1.29, 1.82) is 5.26 Å². The highest BCUT2D eigenvalue weighted by Crippen LogP contribution is 2.24. The molecule has 3 rings (SSSR count). The molecule has 23 heavy (non-hydrogen) atoms. The van der Waals surface area contributed by atoms with Crippen LogP contribution in [0.1, 0.15) is 17.7 Å². The van der Waals surface area contributed by atoms with Crippen LogP contribution in [0.2, 0.25) is 5.02 Å². The quantitative estimate of drug-likeness (QED) is 0.848. The molecule has 1 fully saturated rings. The zero-order chi connectivity index (χ0) is 16.2. The summed E-state index contributed by atoms with van der Waals surface area (Å²) in [5, 5.41) is 17.9. The van der Waals surface area contributed by atoms with Crippen molar-refractivity contribution in [3.8, 4) is 6.07 Å². The Morgan fingerprint density at radius 2 is 1.83 bits per heavy atom. The maximum Gasteiger partial charge on any atom is 0.151 e. The number of nitrogens with zero attached hydrogens (tertiary/aromatic N) is 5. The van der Waals surface area contributed by atoms with Gasteiger partial charge in [0.25, 0.3) is 0 Å². The van der Waals surface area contributed by atoms with Crippen molar-refractivity contribution in [2.75, 3.05) is 36.0 Å². The third kappa shape index (κ3) is 3.54. The molecular formula is C17H18ClN5. The van der Waals surface area contributed by atoms with Crippen molar-refractivity contribution in [3.63, 3.8) is 0 Å². The summed E-state index contributed by atoms with van der Waals surface area (Å²) in [5.41, 5.74) is 2.50. The van der Waals surface area contributed by atoms with E-state index < -0.39 is 0 Å². The Hall–Kier alpha value is -2.32. The van der Waals surface area contributed by atoms with E-state index in [1.165, 1.54) is 0 Å². The van der Waals surface area contributed by atoms with E-state index in [-0.39, 0.29) is 0 Å². The second kappa shape index (κ2) is 6.84.